The zero-order chi connectivity index (χ0) is 23.2. The smallest absolute Gasteiger partial charge is 0.417 e. The lowest BCUT2D eigenvalue weighted by Crippen LogP contribution is -2.10. The Morgan fingerprint density at radius 2 is 1.94 bits per heavy atom. The van der Waals surface area contributed by atoms with Gasteiger partial charge in [-0.1, -0.05) is 23.7 Å². The third-order valence-corrected chi connectivity index (χ3v) is 6.21. The van der Waals surface area contributed by atoms with Crippen molar-refractivity contribution in [2.24, 2.45) is 0 Å². The largest absolute Gasteiger partial charge is 0.497 e. The number of anilines is 1. The minimum absolute atomic E-state index is 0.0722. The molecule has 0 radical (unpaired) electrons. The molecule has 5 aromatic rings. The van der Waals surface area contributed by atoms with Crippen LogP contribution in [0.1, 0.15) is 11.4 Å². The van der Waals surface area contributed by atoms with Gasteiger partial charge in [0.1, 0.15) is 22.7 Å². The van der Waals surface area contributed by atoms with Gasteiger partial charge in [-0.3, -0.25) is 4.40 Å². The molecule has 4 heterocycles. The number of alkyl halides is 3. The average molecular weight is 491 g/mol. The van der Waals surface area contributed by atoms with E-state index in [-0.39, 0.29) is 23.0 Å². The fourth-order valence-corrected chi connectivity index (χ4v) is 4.59. The summed E-state index contributed by atoms with van der Waals surface area (Å²) >= 11 is 7.47. The normalized spacial score (nSPS) is 11.9. The summed E-state index contributed by atoms with van der Waals surface area (Å²) in [6, 6.07) is 8.43. The van der Waals surface area contributed by atoms with Crippen LogP contribution in [0.25, 0.3) is 27.0 Å². The molecule has 1 aromatic carbocycles. The summed E-state index contributed by atoms with van der Waals surface area (Å²) in [6.45, 7) is 0.0722. The lowest BCUT2D eigenvalue weighted by molar-refractivity contribution is -0.137. The van der Waals surface area contributed by atoms with Crippen LogP contribution in [0.15, 0.2) is 48.2 Å². The number of halogens is 4. The van der Waals surface area contributed by atoms with Crippen molar-refractivity contribution < 1.29 is 17.9 Å². The van der Waals surface area contributed by atoms with E-state index in [1.54, 1.807) is 7.11 Å². The van der Waals surface area contributed by atoms with E-state index in [1.807, 2.05) is 29.6 Å². The number of hydrogen-bond acceptors (Lipinski definition) is 7. The van der Waals surface area contributed by atoms with Crippen molar-refractivity contribution >= 4 is 44.6 Å². The first-order chi connectivity index (χ1) is 15.8. The maximum Gasteiger partial charge on any atom is 0.417 e. The Balaban J connectivity index is 1.51. The molecule has 4 aromatic heterocycles. The summed E-state index contributed by atoms with van der Waals surface area (Å²) in [5.74, 6) is 1.52. The highest BCUT2D eigenvalue weighted by Crippen LogP contribution is 2.37. The van der Waals surface area contributed by atoms with Crippen LogP contribution in [-0.2, 0) is 12.7 Å². The van der Waals surface area contributed by atoms with Gasteiger partial charge in [-0.2, -0.15) is 13.2 Å². The molecule has 0 aliphatic heterocycles. The SMILES string of the molecule is COc1ccc(-c2csc3ncnc(NCc4nnc5c(Cl)cc(C(F)(F)F)cn45)c23)cc1. The number of rotatable bonds is 5. The molecule has 0 saturated heterocycles. The molecule has 12 heteroatoms. The van der Waals surface area contributed by atoms with Crippen LogP contribution in [0.2, 0.25) is 5.02 Å². The van der Waals surface area contributed by atoms with Crippen molar-refractivity contribution in [1.29, 1.82) is 0 Å². The van der Waals surface area contributed by atoms with Crippen LogP contribution < -0.4 is 10.1 Å². The maximum absolute atomic E-state index is 13.2. The number of pyridine rings is 1. The first-order valence-electron chi connectivity index (χ1n) is 9.56. The monoisotopic (exact) mass is 490 g/mol. The first-order valence-corrected chi connectivity index (χ1v) is 10.8. The van der Waals surface area contributed by atoms with Crippen molar-refractivity contribution in [3.8, 4) is 16.9 Å². The number of fused-ring (bicyclic) bond motifs is 2. The lowest BCUT2D eigenvalue weighted by Gasteiger charge is -2.10. The number of ether oxygens (including phenoxy) is 1. The number of nitrogens with zero attached hydrogens (tertiary/aromatic N) is 5. The van der Waals surface area contributed by atoms with Gasteiger partial charge in [0.2, 0.25) is 0 Å². The summed E-state index contributed by atoms with van der Waals surface area (Å²) in [5, 5.41) is 13.7. The number of nitrogens with one attached hydrogen (secondary N) is 1. The molecule has 33 heavy (non-hydrogen) atoms. The summed E-state index contributed by atoms with van der Waals surface area (Å²) in [6.07, 6.45) is -2.18. The third kappa shape index (κ3) is 3.93. The van der Waals surface area contributed by atoms with Gasteiger partial charge in [-0.25, -0.2) is 9.97 Å². The van der Waals surface area contributed by atoms with Gasteiger partial charge in [-0.15, -0.1) is 21.5 Å². The van der Waals surface area contributed by atoms with Gasteiger partial charge in [-0.05, 0) is 23.8 Å². The molecule has 0 aliphatic rings. The molecule has 0 amide bonds. The minimum atomic E-state index is -4.55. The number of methoxy groups -OCH3 is 1. The number of thiophene rings is 1. The molecule has 0 spiro atoms. The van der Waals surface area contributed by atoms with E-state index in [0.29, 0.717) is 5.82 Å². The molecular formula is C21H14ClF3N6OS. The zero-order valence-electron chi connectivity index (χ0n) is 16.9. The Morgan fingerprint density at radius 3 is 2.67 bits per heavy atom. The second kappa shape index (κ2) is 8.16. The Kier molecular flexibility index (Phi) is 5.29. The highest BCUT2D eigenvalue weighted by Gasteiger charge is 2.32. The van der Waals surface area contributed by atoms with Gasteiger partial charge in [0.25, 0.3) is 0 Å². The number of benzene rings is 1. The van der Waals surface area contributed by atoms with E-state index in [4.69, 9.17) is 16.3 Å². The van der Waals surface area contributed by atoms with Crippen LogP contribution >= 0.6 is 22.9 Å². The molecular weight excluding hydrogens is 477 g/mol. The van der Waals surface area contributed by atoms with Crippen LogP contribution in [-0.4, -0.2) is 31.7 Å². The van der Waals surface area contributed by atoms with Gasteiger partial charge in [0.05, 0.1) is 29.6 Å². The zero-order valence-corrected chi connectivity index (χ0v) is 18.5. The van der Waals surface area contributed by atoms with Crippen molar-refractivity contribution in [2.45, 2.75) is 12.7 Å². The second-order valence-electron chi connectivity index (χ2n) is 7.02. The quantitative estimate of drug-likeness (QED) is 0.341. The van der Waals surface area contributed by atoms with Crippen molar-refractivity contribution in [1.82, 2.24) is 24.6 Å². The van der Waals surface area contributed by atoms with E-state index >= 15 is 0 Å². The van der Waals surface area contributed by atoms with E-state index in [2.05, 4.69) is 25.5 Å². The summed E-state index contributed by atoms with van der Waals surface area (Å²) in [4.78, 5) is 9.45. The third-order valence-electron chi connectivity index (χ3n) is 5.04. The average Bonchev–Trinajstić information content (AvgIpc) is 3.42. The number of hydrogen-bond donors (Lipinski definition) is 1. The predicted molar refractivity (Wildman–Crippen MR) is 120 cm³/mol. The molecule has 0 unspecified atom stereocenters. The molecule has 0 aliphatic carbocycles. The Hall–Kier alpha value is -3.44. The fourth-order valence-electron chi connectivity index (χ4n) is 3.43. The molecule has 1 N–H and O–H groups in total. The molecule has 0 atom stereocenters. The van der Waals surface area contributed by atoms with Gasteiger partial charge < -0.3 is 10.1 Å². The van der Waals surface area contributed by atoms with Crippen molar-refractivity contribution in [2.75, 3.05) is 12.4 Å². The molecule has 168 valence electrons. The highest BCUT2D eigenvalue weighted by molar-refractivity contribution is 7.17. The van der Waals surface area contributed by atoms with E-state index in [1.165, 1.54) is 22.1 Å². The highest BCUT2D eigenvalue weighted by atomic mass is 35.5. The summed E-state index contributed by atoms with van der Waals surface area (Å²) < 4.78 is 46.1. The van der Waals surface area contributed by atoms with E-state index in [9.17, 15) is 13.2 Å². The standard InChI is InChI=1S/C21H14ClF3N6OS/c1-32-13-4-2-11(3-5-13)14-9-33-20-17(14)18(27-10-28-20)26-7-16-29-30-19-15(22)6-12(8-31(16)19)21(23,24)25/h2-6,8-10H,7H2,1H3,(H,26,27,28). The minimum Gasteiger partial charge on any atom is -0.497 e. The van der Waals surface area contributed by atoms with Crippen LogP contribution in [0.4, 0.5) is 19.0 Å². The van der Waals surface area contributed by atoms with E-state index in [0.717, 1.165) is 39.4 Å². The second-order valence-corrected chi connectivity index (χ2v) is 8.28. The Morgan fingerprint density at radius 1 is 1.15 bits per heavy atom. The van der Waals surface area contributed by atoms with Gasteiger partial charge in [0.15, 0.2) is 11.5 Å². The molecule has 0 fully saturated rings. The van der Waals surface area contributed by atoms with Crippen LogP contribution in [0.3, 0.4) is 0 Å². The van der Waals surface area contributed by atoms with Crippen molar-refractivity contribution in [3.63, 3.8) is 0 Å². The topological polar surface area (TPSA) is 77.2 Å². The first kappa shape index (κ1) is 21.4. The molecule has 7 nitrogen and oxygen atoms in total. The van der Waals surface area contributed by atoms with Crippen molar-refractivity contribution in [3.05, 3.63) is 64.6 Å². The van der Waals surface area contributed by atoms with Crippen LogP contribution in [0, 0.1) is 0 Å². The fraction of sp³-hybridized carbons (Fsp3) is 0.143. The lowest BCUT2D eigenvalue weighted by atomic mass is 10.1. The van der Waals surface area contributed by atoms with Gasteiger partial charge >= 0.3 is 6.18 Å². The number of aromatic nitrogens is 5. The Bertz CT molecular complexity index is 1470. The maximum atomic E-state index is 13.2. The summed E-state index contributed by atoms with van der Waals surface area (Å²) in [7, 11) is 1.60. The molecule has 0 bridgehead atoms. The Labute approximate surface area is 193 Å². The summed E-state index contributed by atoms with van der Waals surface area (Å²) in [5.41, 5.74) is 1.14. The molecule has 5 rings (SSSR count). The van der Waals surface area contributed by atoms with Gasteiger partial charge in [0, 0.05) is 17.1 Å². The van der Waals surface area contributed by atoms with E-state index < -0.39 is 11.7 Å². The molecule has 0 saturated carbocycles. The predicted octanol–water partition coefficient (Wildman–Crippen LogP) is 5.69. The van der Waals surface area contributed by atoms with Crippen LogP contribution in [0.5, 0.6) is 5.75 Å².